The summed E-state index contributed by atoms with van der Waals surface area (Å²) >= 11 is 0. The second-order valence-corrected chi connectivity index (χ2v) is 12.6. The van der Waals surface area contributed by atoms with Crippen molar-refractivity contribution in [2.75, 3.05) is 13.2 Å². The van der Waals surface area contributed by atoms with E-state index in [9.17, 15) is 18.0 Å². The molecule has 0 aliphatic rings. The molecule has 2 aromatic heterocycles. The lowest BCUT2D eigenvalue weighted by atomic mass is 10.2. The van der Waals surface area contributed by atoms with Gasteiger partial charge in [-0.1, -0.05) is 19.6 Å². The fourth-order valence-corrected chi connectivity index (χ4v) is 3.13. The minimum Gasteiger partial charge on any atom is -0.395 e. The molecule has 140 valence electrons. The second-order valence-electron chi connectivity index (χ2n) is 7.02. The molecule has 2 heterocycles. The summed E-state index contributed by atoms with van der Waals surface area (Å²) in [5.41, 5.74) is -1.83. The van der Waals surface area contributed by atoms with Crippen molar-refractivity contribution in [1.82, 2.24) is 14.3 Å². The molecule has 0 bridgehead atoms. The van der Waals surface area contributed by atoms with Crippen LogP contribution >= 0.6 is 0 Å². The minimum absolute atomic E-state index is 0.0460. The molecule has 0 aromatic carbocycles. The maximum atomic E-state index is 13.2. The lowest BCUT2D eigenvalue weighted by Gasteiger charge is -2.15. The highest BCUT2D eigenvalue weighted by molar-refractivity contribution is 6.76. The highest BCUT2D eigenvalue weighted by atomic mass is 28.3. The molecule has 0 aliphatic heterocycles. The zero-order valence-electron chi connectivity index (χ0n) is 14.4. The van der Waals surface area contributed by atoms with Crippen LogP contribution in [0.3, 0.4) is 0 Å². The van der Waals surface area contributed by atoms with Gasteiger partial charge in [-0.05, 0) is 6.04 Å². The van der Waals surface area contributed by atoms with Crippen molar-refractivity contribution in [3.63, 3.8) is 0 Å². The van der Waals surface area contributed by atoms with Crippen LogP contribution in [0.5, 0.6) is 0 Å². The van der Waals surface area contributed by atoms with Gasteiger partial charge in [0.25, 0.3) is 5.56 Å². The molecule has 2 rings (SSSR count). The standard InChI is InChI=1S/C15H22F3N3O3Si/c1-25(2,3)7-6-24-10-21-14(23)13-11(15(16,17)18)9-20(4-5-22)12(13)8-19-21/h8-9,22H,4-7,10H2,1-3H3. The highest BCUT2D eigenvalue weighted by Gasteiger charge is 2.36. The molecule has 0 saturated heterocycles. The van der Waals surface area contributed by atoms with Crippen molar-refractivity contribution in [2.24, 2.45) is 0 Å². The SMILES string of the molecule is C[Si](C)(C)CCOCn1ncc2c(c(C(F)(F)F)cn2CCO)c1=O. The summed E-state index contributed by atoms with van der Waals surface area (Å²) in [6.07, 6.45) is -2.64. The van der Waals surface area contributed by atoms with E-state index < -0.39 is 30.8 Å². The van der Waals surface area contributed by atoms with Gasteiger partial charge in [-0.15, -0.1) is 0 Å². The number of hydrogen-bond acceptors (Lipinski definition) is 4. The number of aliphatic hydroxyl groups excluding tert-OH is 1. The summed E-state index contributed by atoms with van der Waals surface area (Å²) in [5, 5.41) is 12.4. The molecular weight excluding hydrogens is 355 g/mol. The smallest absolute Gasteiger partial charge is 0.395 e. The minimum atomic E-state index is -4.67. The number of nitrogens with zero attached hydrogens (tertiary/aromatic N) is 3. The fourth-order valence-electron chi connectivity index (χ4n) is 2.37. The molecule has 0 amide bonds. The first kappa shape index (κ1) is 19.7. The molecule has 0 spiro atoms. The number of hydrogen-bond donors (Lipinski definition) is 1. The Morgan fingerprint density at radius 2 is 2.00 bits per heavy atom. The zero-order valence-corrected chi connectivity index (χ0v) is 15.4. The summed E-state index contributed by atoms with van der Waals surface area (Å²) < 4.78 is 47.2. The number of aliphatic hydroxyl groups is 1. The van der Waals surface area contributed by atoms with Gasteiger partial charge in [0.05, 0.1) is 29.3 Å². The maximum absolute atomic E-state index is 13.2. The van der Waals surface area contributed by atoms with Crippen LogP contribution in [0.15, 0.2) is 17.2 Å². The lowest BCUT2D eigenvalue weighted by molar-refractivity contribution is -0.136. The molecule has 1 N–H and O–H groups in total. The lowest BCUT2D eigenvalue weighted by Crippen LogP contribution is -2.27. The van der Waals surface area contributed by atoms with Crippen LogP contribution in [0.4, 0.5) is 13.2 Å². The van der Waals surface area contributed by atoms with E-state index in [4.69, 9.17) is 9.84 Å². The van der Waals surface area contributed by atoms with Gasteiger partial charge in [-0.25, -0.2) is 4.68 Å². The summed E-state index contributed by atoms with van der Waals surface area (Å²) in [6.45, 7) is 6.36. The van der Waals surface area contributed by atoms with E-state index in [-0.39, 0.29) is 25.4 Å². The van der Waals surface area contributed by atoms with Gasteiger partial charge in [0.2, 0.25) is 0 Å². The number of alkyl halides is 3. The van der Waals surface area contributed by atoms with E-state index in [1.807, 2.05) is 0 Å². The van der Waals surface area contributed by atoms with Crippen LogP contribution in [0, 0.1) is 0 Å². The van der Waals surface area contributed by atoms with E-state index in [0.29, 0.717) is 6.61 Å². The maximum Gasteiger partial charge on any atom is 0.418 e. The zero-order chi connectivity index (χ0) is 18.8. The Hall–Kier alpha value is -1.65. The molecule has 0 unspecified atom stereocenters. The van der Waals surface area contributed by atoms with Gasteiger partial charge in [0.15, 0.2) is 0 Å². The van der Waals surface area contributed by atoms with E-state index >= 15 is 0 Å². The van der Waals surface area contributed by atoms with Gasteiger partial charge in [-0.2, -0.15) is 18.3 Å². The Balaban J connectivity index is 2.36. The third kappa shape index (κ3) is 4.70. The molecule has 0 aliphatic carbocycles. The summed E-state index contributed by atoms with van der Waals surface area (Å²) in [7, 11) is -1.30. The van der Waals surface area contributed by atoms with E-state index in [1.165, 1.54) is 10.8 Å². The number of halogens is 3. The third-order valence-electron chi connectivity index (χ3n) is 3.74. The second kappa shape index (κ2) is 7.30. The van der Waals surface area contributed by atoms with Crippen LogP contribution < -0.4 is 5.56 Å². The van der Waals surface area contributed by atoms with Crippen molar-refractivity contribution < 1.29 is 23.0 Å². The predicted octanol–water partition coefficient (Wildman–Crippen LogP) is 2.52. The normalized spacial score (nSPS) is 12.9. The third-order valence-corrected chi connectivity index (χ3v) is 5.45. The van der Waals surface area contributed by atoms with E-state index in [0.717, 1.165) is 16.9 Å². The van der Waals surface area contributed by atoms with Crippen molar-refractivity contribution >= 4 is 19.0 Å². The first-order valence-electron chi connectivity index (χ1n) is 7.89. The summed E-state index contributed by atoms with van der Waals surface area (Å²) in [4.78, 5) is 12.5. The summed E-state index contributed by atoms with van der Waals surface area (Å²) in [6, 6.07) is 0.880. The van der Waals surface area contributed by atoms with Gasteiger partial charge >= 0.3 is 6.18 Å². The van der Waals surface area contributed by atoms with Crippen LogP contribution in [0.2, 0.25) is 25.7 Å². The van der Waals surface area contributed by atoms with Crippen LogP contribution in [0.25, 0.3) is 10.9 Å². The molecule has 2 aromatic rings. The number of fused-ring (bicyclic) bond motifs is 1. The molecule has 10 heteroatoms. The van der Waals surface area contributed by atoms with Gasteiger partial charge in [-0.3, -0.25) is 4.79 Å². The summed E-state index contributed by atoms with van der Waals surface area (Å²) in [5.74, 6) is 0. The number of aromatic nitrogens is 3. The Labute approximate surface area is 143 Å². The molecule has 0 radical (unpaired) electrons. The van der Waals surface area contributed by atoms with Crippen LogP contribution in [-0.2, 0) is 24.2 Å². The molecule has 0 fully saturated rings. The Morgan fingerprint density at radius 1 is 1.32 bits per heavy atom. The monoisotopic (exact) mass is 377 g/mol. The van der Waals surface area contributed by atoms with Crippen molar-refractivity contribution in [1.29, 1.82) is 0 Å². The van der Waals surface area contributed by atoms with E-state index in [1.54, 1.807) is 0 Å². The predicted molar refractivity (Wildman–Crippen MR) is 90.2 cm³/mol. The van der Waals surface area contributed by atoms with Gasteiger partial charge < -0.3 is 14.4 Å². The Kier molecular flexibility index (Phi) is 5.74. The van der Waals surface area contributed by atoms with Crippen molar-refractivity contribution in [2.45, 2.75) is 45.1 Å². The van der Waals surface area contributed by atoms with Gasteiger partial charge in [0.1, 0.15) is 6.73 Å². The molecular formula is C15H22F3N3O3Si. The quantitative estimate of drug-likeness (QED) is 0.595. The molecule has 0 saturated carbocycles. The van der Waals surface area contributed by atoms with Crippen LogP contribution in [-0.4, -0.2) is 40.7 Å². The Bertz CT molecular complexity index is 793. The average molecular weight is 377 g/mol. The number of ether oxygens (including phenoxy) is 1. The highest BCUT2D eigenvalue weighted by Crippen LogP contribution is 2.34. The van der Waals surface area contributed by atoms with Gasteiger partial charge in [0, 0.05) is 27.4 Å². The largest absolute Gasteiger partial charge is 0.418 e. The average Bonchev–Trinajstić information content (AvgIpc) is 2.85. The molecule has 25 heavy (non-hydrogen) atoms. The topological polar surface area (TPSA) is 69.3 Å². The number of rotatable bonds is 7. The molecule has 6 nitrogen and oxygen atoms in total. The Morgan fingerprint density at radius 3 is 2.56 bits per heavy atom. The first-order chi connectivity index (χ1) is 11.5. The van der Waals surface area contributed by atoms with Crippen LogP contribution in [0.1, 0.15) is 5.56 Å². The van der Waals surface area contributed by atoms with Crippen molar-refractivity contribution in [3.8, 4) is 0 Å². The van der Waals surface area contributed by atoms with Crippen molar-refractivity contribution in [3.05, 3.63) is 28.3 Å². The first-order valence-corrected chi connectivity index (χ1v) is 11.6. The molecule has 0 atom stereocenters. The fraction of sp³-hybridized carbons (Fsp3) is 0.600. The van der Waals surface area contributed by atoms with E-state index in [2.05, 4.69) is 24.7 Å².